The number of allylic oxidation sites excluding steroid dienone is 4. The van der Waals surface area contributed by atoms with Gasteiger partial charge in [0.1, 0.15) is 6.29 Å². The van der Waals surface area contributed by atoms with Crippen LogP contribution < -0.4 is 0 Å². The molecule has 0 heterocycles. The molecule has 0 aromatic heterocycles. The number of carbonyl (C=O) groups excluding carboxylic acids is 3. The zero-order chi connectivity index (χ0) is 19.2. The molecule has 0 atom stereocenters. The van der Waals surface area contributed by atoms with E-state index in [1.807, 2.05) is 13.8 Å². The van der Waals surface area contributed by atoms with Crippen LogP contribution in [0.1, 0.15) is 72.6 Å². The van der Waals surface area contributed by atoms with Crippen LogP contribution in [0.5, 0.6) is 0 Å². The molecule has 0 saturated heterocycles. The number of Topliss-reactive ketones (excluding diaryl/α,β-unsaturated/α-hetero) is 2. The van der Waals surface area contributed by atoms with Gasteiger partial charge < -0.3 is 9.90 Å². The fraction of sp³-hybridized carbons (Fsp3) is 0.667. The maximum absolute atomic E-state index is 11.2. The van der Waals surface area contributed by atoms with Crippen molar-refractivity contribution in [3.8, 4) is 0 Å². The van der Waals surface area contributed by atoms with Gasteiger partial charge in [-0.1, -0.05) is 18.6 Å². The van der Waals surface area contributed by atoms with Crippen molar-refractivity contribution >= 4 is 26.4 Å². The molecule has 153 valence electrons. The summed E-state index contributed by atoms with van der Waals surface area (Å²) in [5.41, 5.74) is 4.27. The number of aliphatic hydroxyl groups excluding tert-OH is 1. The third-order valence-electron chi connectivity index (χ3n) is 4.25. The van der Waals surface area contributed by atoms with E-state index in [0.717, 1.165) is 51.7 Å². The maximum atomic E-state index is 11.2. The van der Waals surface area contributed by atoms with Gasteiger partial charge in [-0.2, -0.15) is 0 Å². The molecule has 0 saturated carbocycles. The topological polar surface area (TPSA) is 71.4 Å². The second-order valence-corrected chi connectivity index (χ2v) is 7.40. The maximum Gasteiger partial charge on any atom is 0.159 e. The summed E-state index contributed by atoms with van der Waals surface area (Å²) in [6, 6.07) is 0. The van der Waals surface area contributed by atoms with Crippen molar-refractivity contribution in [2.45, 2.75) is 72.6 Å². The minimum Gasteiger partial charge on any atom is -0.396 e. The molecule has 6 heteroatoms. The van der Waals surface area contributed by atoms with Crippen molar-refractivity contribution in [1.29, 1.82) is 0 Å². The molecular weight excluding hydrogens is 436 g/mol. The Morgan fingerprint density at radius 1 is 0.926 bits per heavy atom. The smallest absolute Gasteiger partial charge is 0.159 e. The third kappa shape index (κ3) is 12.9. The molecule has 0 aliphatic heterocycles. The average molecular weight is 473 g/mol. The van der Waals surface area contributed by atoms with E-state index in [0.29, 0.717) is 25.7 Å². The zero-order valence-electron chi connectivity index (χ0n) is 16.7. The van der Waals surface area contributed by atoms with Crippen molar-refractivity contribution in [2.75, 3.05) is 19.9 Å². The van der Waals surface area contributed by atoms with E-state index in [-0.39, 0.29) is 58.3 Å². The van der Waals surface area contributed by atoms with E-state index in [4.69, 9.17) is 5.11 Å². The van der Waals surface area contributed by atoms with Crippen LogP contribution in [0.15, 0.2) is 22.3 Å². The summed E-state index contributed by atoms with van der Waals surface area (Å²) in [5.74, 6) is 0.528. The molecule has 4 nitrogen and oxygen atoms in total. The van der Waals surface area contributed by atoms with Crippen molar-refractivity contribution in [3.05, 3.63) is 22.3 Å². The fourth-order valence-corrected chi connectivity index (χ4v) is 2.85. The predicted molar refractivity (Wildman–Crippen MR) is 112 cm³/mol. The summed E-state index contributed by atoms with van der Waals surface area (Å²) in [6.07, 6.45) is 6.65. The molecule has 2 aliphatic carbocycles. The number of hydrogen-bond donors (Lipinski definition) is 1. The second kappa shape index (κ2) is 19.3. The molecule has 2 rings (SSSR count). The Hall–Kier alpha value is -0.0161. The van der Waals surface area contributed by atoms with E-state index in [1.165, 1.54) is 11.1 Å². The Morgan fingerprint density at radius 2 is 1.33 bits per heavy atom. The first-order valence-electron chi connectivity index (χ1n) is 8.99. The summed E-state index contributed by atoms with van der Waals surface area (Å²) >= 11 is 0. The van der Waals surface area contributed by atoms with E-state index >= 15 is 0 Å². The van der Waals surface area contributed by atoms with Crippen LogP contribution in [0, 0.1) is 0 Å². The normalized spacial score (nSPS) is 15.3. The first-order chi connectivity index (χ1) is 11.9. The van der Waals surface area contributed by atoms with E-state index in [2.05, 4.69) is 13.3 Å². The van der Waals surface area contributed by atoms with Gasteiger partial charge in [-0.05, 0) is 70.4 Å². The van der Waals surface area contributed by atoms with Crippen LogP contribution in [0.4, 0.5) is 0 Å². The molecule has 0 aromatic rings. The van der Waals surface area contributed by atoms with Crippen LogP contribution >= 0.6 is 8.58 Å². The summed E-state index contributed by atoms with van der Waals surface area (Å²) in [6.45, 7) is 8.48. The molecule has 0 spiro atoms. The van der Waals surface area contributed by atoms with E-state index < -0.39 is 0 Å². The van der Waals surface area contributed by atoms with Crippen LogP contribution in [-0.4, -0.2) is 42.9 Å². The Labute approximate surface area is 192 Å². The fourth-order valence-electron chi connectivity index (χ4n) is 2.85. The van der Waals surface area contributed by atoms with Crippen LogP contribution in [-0.2, 0) is 47.1 Å². The quantitative estimate of drug-likeness (QED) is 0.451. The second-order valence-electron chi connectivity index (χ2n) is 6.40. The SMILES string of the molecule is C.CC1=C(CCC=O)C(=O)CC1.CC1=C(CCCO)C(=O)CC1.CPC.[Y]. The zero-order valence-corrected chi connectivity index (χ0v) is 20.5. The van der Waals surface area contributed by atoms with Crippen molar-refractivity contribution in [2.24, 2.45) is 0 Å². The molecule has 0 amide bonds. The largest absolute Gasteiger partial charge is 0.396 e. The summed E-state index contributed by atoms with van der Waals surface area (Å²) in [5, 5.41) is 8.57. The molecule has 0 aromatic carbocycles. The van der Waals surface area contributed by atoms with Gasteiger partial charge in [0, 0.05) is 58.6 Å². The number of carbonyl (C=O) groups is 3. The molecule has 1 radical (unpaired) electrons. The first-order valence-corrected chi connectivity index (χ1v) is 11.0. The third-order valence-corrected chi connectivity index (χ3v) is 4.25. The van der Waals surface area contributed by atoms with Crippen LogP contribution in [0.2, 0.25) is 0 Å². The van der Waals surface area contributed by atoms with Gasteiger partial charge in [0.25, 0.3) is 0 Å². The van der Waals surface area contributed by atoms with Crippen molar-refractivity contribution in [1.82, 2.24) is 0 Å². The molecule has 27 heavy (non-hydrogen) atoms. The summed E-state index contributed by atoms with van der Waals surface area (Å²) < 4.78 is 0. The molecule has 1 N–H and O–H groups in total. The Morgan fingerprint density at radius 3 is 1.63 bits per heavy atom. The molecule has 0 fully saturated rings. The van der Waals surface area contributed by atoms with E-state index in [9.17, 15) is 14.4 Å². The average Bonchev–Trinajstić information content (AvgIpc) is 3.07. The van der Waals surface area contributed by atoms with Crippen molar-refractivity contribution in [3.63, 3.8) is 0 Å². The first kappa shape index (κ1) is 31.7. The van der Waals surface area contributed by atoms with Gasteiger partial charge in [0.2, 0.25) is 0 Å². The monoisotopic (exact) mass is 473 g/mol. The minimum absolute atomic E-state index is 0. The van der Waals surface area contributed by atoms with Gasteiger partial charge in [-0.15, -0.1) is 8.58 Å². The number of rotatable bonds is 6. The number of ketones is 2. The molecule has 2 aliphatic rings. The number of aldehydes is 1. The number of aliphatic hydroxyl groups is 1. The van der Waals surface area contributed by atoms with Crippen molar-refractivity contribution < 1.29 is 52.2 Å². The van der Waals surface area contributed by atoms with Gasteiger partial charge in [0.05, 0.1) is 0 Å². The molecule has 0 unspecified atom stereocenters. The van der Waals surface area contributed by atoms with E-state index in [1.54, 1.807) is 0 Å². The van der Waals surface area contributed by atoms with Gasteiger partial charge >= 0.3 is 0 Å². The summed E-state index contributed by atoms with van der Waals surface area (Å²) in [4.78, 5) is 32.3. The van der Waals surface area contributed by atoms with Crippen LogP contribution in [0.3, 0.4) is 0 Å². The molecular formula is C21H37O4PY. The Kier molecular flexibility index (Phi) is 22.6. The standard InChI is InChI=1S/C9H14O2.C9H12O2.C2H7P.CH4.Y/c2*1-7-4-5-9(11)8(7)3-2-6-10;1-3-2;;/h10H,2-6H2,1H3;6H,2-5H2,1H3;3H,1-2H3;1H4;. The molecule has 0 bridgehead atoms. The summed E-state index contributed by atoms with van der Waals surface area (Å²) in [7, 11) is 1.08. The Balaban J connectivity index is -0.000000350. The van der Waals surface area contributed by atoms with Gasteiger partial charge in [0.15, 0.2) is 11.6 Å². The van der Waals surface area contributed by atoms with Gasteiger partial charge in [-0.3, -0.25) is 9.59 Å². The van der Waals surface area contributed by atoms with Gasteiger partial charge in [-0.25, -0.2) is 0 Å². The minimum atomic E-state index is 0. The number of hydrogen-bond acceptors (Lipinski definition) is 4. The Bertz CT molecular complexity index is 524. The van der Waals surface area contributed by atoms with Crippen LogP contribution in [0.25, 0.3) is 0 Å². The predicted octanol–water partition coefficient (Wildman–Crippen LogP) is 4.64.